The van der Waals surface area contributed by atoms with Crippen molar-refractivity contribution in [2.24, 2.45) is 11.5 Å². The molecule has 12 rings (SSSR count). The van der Waals surface area contributed by atoms with Crippen LogP contribution in [0.5, 0.6) is 0 Å². The number of hydrogen-bond donors (Lipinski definition) is 2. The maximum Gasteiger partial charge on any atom is 0.0741 e. The minimum absolute atomic E-state index is 0.709. The van der Waals surface area contributed by atoms with E-state index in [4.69, 9.17) is 11.5 Å². The highest BCUT2D eigenvalue weighted by Crippen LogP contribution is 2.63. The van der Waals surface area contributed by atoms with Crippen molar-refractivity contribution in [3.63, 3.8) is 0 Å². The summed E-state index contributed by atoms with van der Waals surface area (Å²) in [4.78, 5) is 0. The zero-order valence-electron chi connectivity index (χ0n) is 31.7. The molecule has 3 heteroatoms. The summed E-state index contributed by atoms with van der Waals surface area (Å²) in [6.07, 6.45) is 3.69. The van der Waals surface area contributed by atoms with Crippen molar-refractivity contribution in [3.8, 4) is 39.1 Å². The van der Waals surface area contributed by atoms with Gasteiger partial charge in [-0.15, -0.1) is 0 Å². The lowest BCUT2D eigenvalue weighted by Crippen LogP contribution is -2.27. The van der Waals surface area contributed by atoms with Gasteiger partial charge in [-0.2, -0.15) is 0 Å². The molecule has 3 nitrogen and oxygen atoms in total. The lowest BCUT2D eigenvalue weighted by molar-refractivity contribution is 0.786. The predicted octanol–water partition coefficient (Wildman–Crippen LogP) is 12.9. The number of aromatic nitrogens is 1. The first-order chi connectivity index (χ1) is 28.7. The number of para-hydroxylation sites is 2. The first-order valence-electron chi connectivity index (χ1n) is 19.9. The molecule has 0 aliphatic heterocycles. The molecule has 10 aromatic rings. The second-order valence-corrected chi connectivity index (χ2v) is 15.6. The summed E-state index contributed by atoms with van der Waals surface area (Å²) in [5.74, 6) is 0. The van der Waals surface area contributed by atoms with Crippen molar-refractivity contribution in [2.75, 3.05) is 0 Å². The van der Waals surface area contributed by atoms with Gasteiger partial charge in [-0.25, -0.2) is 0 Å². The molecule has 1 aromatic heterocycles. The summed E-state index contributed by atoms with van der Waals surface area (Å²) in [7, 11) is 0. The fourth-order valence-corrected chi connectivity index (χ4v) is 10.6. The number of benzene rings is 9. The maximum absolute atomic E-state index is 7.36. The van der Waals surface area contributed by atoms with E-state index in [9.17, 15) is 0 Å². The number of hydrogen-bond acceptors (Lipinski definition) is 2. The van der Waals surface area contributed by atoms with Gasteiger partial charge in [0, 0.05) is 27.7 Å². The summed E-state index contributed by atoms with van der Waals surface area (Å²) < 4.78 is 2.41. The van der Waals surface area contributed by atoms with Gasteiger partial charge in [0.05, 0.1) is 16.4 Å². The zero-order chi connectivity index (χ0) is 38.5. The monoisotopic (exact) mass is 739 g/mol. The molecule has 2 aliphatic carbocycles. The number of nitrogens with two attached hydrogens (primary N) is 2. The fraction of sp³-hybridized carbons (Fsp3) is 0.0182. The van der Waals surface area contributed by atoms with Crippen LogP contribution in [-0.4, -0.2) is 4.57 Å². The van der Waals surface area contributed by atoms with Crippen LogP contribution in [0, 0.1) is 0 Å². The van der Waals surface area contributed by atoms with Crippen LogP contribution in [0.1, 0.15) is 22.3 Å². The van der Waals surface area contributed by atoms with Crippen molar-refractivity contribution in [1.29, 1.82) is 0 Å². The first kappa shape index (κ1) is 32.6. The van der Waals surface area contributed by atoms with Crippen molar-refractivity contribution in [3.05, 3.63) is 228 Å². The topological polar surface area (TPSA) is 57.0 Å². The van der Waals surface area contributed by atoms with Gasteiger partial charge < -0.3 is 16.0 Å². The van der Waals surface area contributed by atoms with Crippen LogP contribution < -0.4 is 11.5 Å². The second kappa shape index (κ2) is 12.2. The zero-order valence-corrected chi connectivity index (χ0v) is 31.7. The van der Waals surface area contributed by atoms with Crippen molar-refractivity contribution < 1.29 is 0 Å². The molecule has 0 fully saturated rings. The van der Waals surface area contributed by atoms with Crippen LogP contribution in [0.3, 0.4) is 0 Å². The molecule has 0 amide bonds. The molecule has 2 aliphatic rings. The van der Waals surface area contributed by atoms with Crippen LogP contribution >= 0.6 is 0 Å². The normalized spacial score (nSPS) is 15.7. The lowest BCUT2D eigenvalue weighted by Gasteiger charge is -2.32. The largest absolute Gasteiger partial charge is 0.405 e. The Labute approximate surface area is 336 Å². The van der Waals surface area contributed by atoms with E-state index in [1.165, 1.54) is 82.3 Å². The van der Waals surface area contributed by atoms with Gasteiger partial charge in [0.2, 0.25) is 0 Å². The highest BCUT2D eigenvalue weighted by molar-refractivity contribution is 6.21. The van der Waals surface area contributed by atoms with Crippen molar-refractivity contribution in [1.82, 2.24) is 4.57 Å². The number of allylic oxidation sites excluding steroid dienone is 2. The summed E-state index contributed by atoms with van der Waals surface area (Å²) >= 11 is 0. The van der Waals surface area contributed by atoms with Crippen LogP contribution in [-0.2, 0) is 5.41 Å². The SMILES string of the molecule is N/C=C\C1=C(N)c2ccc(-c3c4ccccc4c(-c4ccccc4)c4ccccc34)cc2C12c1ccccc1-c1cc3c4ccccc4n(-c4ccccc4)c3cc12. The van der Waals surface area contributed by atoms with Crippen LogP contribution in [0.15, 0.2) is 206 Å². The summed E-state index contributed by atoms with van der Waals surface area (Å²) in [6, 6.07) is 68.6. The van der Waals surface area contributed by atoms with Crippen molar-refractivity contribution >= 4 is 49.0 Å². The Kier molecular flexibility index (Phi) is 6.85. The standard InChI is InChI=1S/C55H37N3/c56-30-29-47-54(57)43-28-27-35(53-41-23-9-7-21-39(41)52(34-15-3-1-4-16-34)40-22-8-10-24-42(40)53)31-48(43)55(47)46-25-13-11-19-37(46)44-32-45-38-20-12-14-26-50(38)58(51(45)33-49(44)55)36-17-5-2-6-18-36/h1-33H,56-57H2/b30-29-. The van der Waals surface area contributed by atoms with Crippen molar-refractivity contribution in [2.45, 2.75) is 5.41 Å². The average Bonchev–Trinajstić information content (AvgIpc) is 3.85. The number of fused-ring (bicyclic) bond motifs is 12. The Morgan fingerprint density at radius 2 is 0.983 bits per heavy atom. The van der Waals surface area contributed by atoms with E-state index < -0.39 is 5.41 Å². The van der Waals surface area contributed by atoms with Gasteiger partial charge in [-0.05, 0) is 126 Å². The van der Waals surface area contributed by atoms with E-state index in [1.54, 1.807) is 6.20 Å². The highest BCUT2D eigenvalue weighted by Gasteiger charge is 2.52. The Bertz CT molecular complexity index is 3350. The molecule has 9 aromatic carbocycles. The second-order valence-electron chi connectivity index (χ2n) is 15.6. The van der Waals surface area contributed by atoms with Crippen LogP contribution in [0.25, 0.3) is 88.1 Å². The molecule has 58 heavy (non-hydrogen) atoms. The Balaban J connectivity index is 1.20. The third-order valence-electron chi connectivity index (χ3n) is 12.8. The minimum Gasteiger partial charge on any atom is -0.405 e. The van der Waals surface area contributed by atoms with Gasteiger partial charge in [-0.1, -0.05) is 152 Å². The molecule has 4 N–H and O–H groups in total. The van der Waals surface area contributed by atoms with E-state index >= 15 is 0 Å². The highest BCUT2D eigenvalue weighted by atomic mass is 15.0. The Morgan fingerprint density at radius 1 is 0.414 bits per heavy atom. The third kappa shape index (κ3) is 4.22. The number of nitrogens with zero attached hydrogens (tertiary/aromatic N) is 1. The predicted molar refractivity (Wildman–Crippen MR) is 243 cm³/mol. The maximum atomic E-state index is 7.36. The molecule has 0 radical (unpaired) electrons. The van der Waals surface area contributed by atoms with Gasteiger partial charge in [0.15, 0.2) is 0 Å². The minimum atomic E-state index is -0.709. The molecule has 1 atom stereocenters. The summed E-state index contributed by atoms with van der Waals surface area (Å²) in [6.45, 7) is 0. The van der Waals surface area contributed by atoms with E-state index in [1.807, 2.05) is 6.08 Å². The van der Waals surface area contributed by atoms with E-state index in [2.05, 4.69) is 193 Å². The third-order valence-corrected chi connectivity index (χ3v) is 12.8. The quantitative estimate of drug-likeness (QED) is 0.177. The molecular weight excluding hydrogens is 703 g/mol. The fourth-order valence-electron chi connectivity index (χ4n) is 10.6. The number of rotatable bonds is 4. The average molecular weight is 740 g/mol. The Morgan fingerprint density at radius 3 is 1.67 bits per heavy atom. The summed E-state index contributed by atoms with van der Waals surface area (Å²) in [5.41, 5.74) is 30.2. The molecule has 1 unspecified atom stereocenters. The molecule has 1 spiro atoms. The van der Waals surface area contributed by atoms with Gasteiger partial charge in [0.25, 0.3) is 0 Å². The smallest absolute Gasteiger partial charge is 0.0741 e. The molecular formula is C55H37N3. The lowest BCUT2D eigenvalue weighted by atomic mass is 9.69. The molecule has 1 heterocycles. The molecule has 0 bridgehead atoms. The Hall–Kier alpha value is -7.62. The molecule has 0 saturated heterocycles. The molecule has 0 saturated carbocycles. The van der Waals surface area contributed by atoms with Gasteiger partial charge in [0.1, 0.15) is 0 Å². The molecule has 272 valence electrons. The van der Waals surface area contributed by atoms with Crippen LogP contribution in [0.4, 0.5) is 0 Å². The van der Waals surface area contributed by atoms with Gasteiger partial charge in [-0.3, -0.25) is 0 Å². The van der Waals surface area contributed by atoms with E-state index in [0.29, 0.717) is 0 Å². The first-order valence-corrected chi connectivity index (χ1v) is 19.9. The summed E-state index contributed by atoms with van der Waals surface area (Å²) in [5, 5.41) is 7.35. The van der Waals surface area contributed by atoms with Crippen LogP contribution in [0.2, 0.25) is 0 Å². The van der Waals surface area contributed by atoms with E-state index in [-0.39, 0.29) is 0 Å². The van der Waals surface area contributed by atoms with E-state index in [0.717, 1.165) is 33.6 Å². The van der Waals surface area contributed by atoms with Gasteiger partial charge >= 0.3 is 0 Å².